The van der Waals surface area contributed by atoms with Crippen LogP contribution in [0.1, 0.15) is 37.8 Å². The maximum atomic E-state index is 11.0. The Hall–Kier alpha value is -1.39. The maximum absolute atomic E-state index is 11.0. The smallest absolute Gasteiger partial charge is 0.326 e. The molecule has 0 unspecified atom stereocenters. The monoisotopic (exact) mass is 251 g/mol. The SMILES string of the molecule is CC(C)c1cccc(CN[C@@](C)(CO)C(=O)O)c1. The van der Waals surface area contributed by atoms with Gasteiger partial charge in [-0.1, -0.05) is 38.1 Å². The van der Waals surface area contributed by atoms with Gasteiger partial charge in [0.15, 0.2) is 0 Å². The Kier molecular flexibility index (Phi) is 4.87. The number of nitrogens with one attached hydrogen (secondary N) is 1. The molecule has 0 heterocycles. The van der Waals surface area contributed by atoms with Gasteiger partial charge in [-0.3, -0.25) is 10.1 Å². The molecule has 0 fully saturated rings. The van der Waals surface area contributed by atoms with Gasteiger partial charge < -0.3 is 10.2 Å². The molecule has 1 atom stereocenters. The second-order valence-electron chi connectivity index (χ2n) is 5.05. The zero-order valence-corrected chi connectivity index (χ0v) is 11.1. The number of hydrogen-bond acceptors (Lipinski definition) is 3. The molecule has 0 saturated heterocycles. The van der Waals surface area contributed by atoms with Crippen molar-refractivity contribution in [3.63, 3.8) is 0 Å². The summed E-state index contributed by atoms with van der Waals surface area (Å²) in [4.78, 5) is 11.0. The third-order valence-electron chi connectivity index (χ3n) is 3.09. The number of carboxylic acid groups (broad SMARTS) is 1. The standard InChI is InChI=1S/C14H21NO3/c1-10(2)12-6-4-5-11(7-12)8-15-14(3,9-16)13(17)18/h4-7,10,15-16H,8-9H2,1-3H3,(H,17,18)/t14-/m0/s1. The molecule has 0 bridgehead atoms. The van der Waals surface area contributed by atoms with Crippen molar-refractivity contribution in [2.75, 3.05) is 6.61 Å². The third-order valence-corrected chi connectivity index (χ3v) is 3.09. The van der Waals surface area contributed by atoms with E-state index in [0.29, 0.717) is 12.5 Å². The topological polar surface area (TPSA) is 69.6 Å². The van der Waals surface area contributed by atoms with Crippen LogP contribution in [0.3, 0.4) is 0 Å². The molecule has 4 heteroatoms. The number of hydrogen-bond donors (Lipinski definition) is 3. The number of carboxylic acids is 1. The Balaban J connectivity index is 2.74. The van der Waals surface area contributed by atoms with E-state index in [0.717, 1.165) is 5.56 Å². The van der Waals surface area contributed by atoms with Crippen LogP contribution in [0.2, 0.25) is 0 Å². The van der Waals surface area contributed by atoms with E-state index < -0.39 is 18.1 Å². The molecule has 100 valence electrons. The van der Waals surface area contributed by atoms with Crippen LogP contribution in [-0.2, 0) is 11.3 Å². The van der Waals surface area contributed by atoms with Crippen LogP contribution in [0.5, 0.6) is 0 Å². The molecular weight excluding hydrogens is 230 g/mol. The van der Waals surface area contributed by atoms with Gasteiger partial charge in [0.25, 0.3) is 0 Å². The van der Waals surface area contributed by atoms with E-state index in [-0.39, 0.29) is 0 Å². The molecule has 0 spiro atoms. The fourth-order valence-electron chi connectivity index (χ4n) is 1.56. The molecule has 1 aromatic rings. The number of carbonyl (C=O) groups is 1. The second kappa shape index (κ2) is 5.98. The lowest BCUT2D eigenvalue weighted by Crippen LogP contribution is -2.52. The van der Waals surface area contributed by atoms with Crippen LogP contribution in [0, 0.1) is 0 Å². The van der Waals surface area contributed by atoms with E-state index in [4.69, 9.17) is 10.2 Å². The Morgan fingerprint density at radius 1 is 1.44 bits per heavy atom. The van der Waals surface area contributed by atoms with Crippen molar-refractivity contribution in [3.05, 3.63) is 35.4 Å². The van der Waals surface area contributed by atoms with Crippen molar-refractivity contribution in [2.24, 2.45) is 0 Å². The van der Waals surface area contributed by atoms with Gasteiger partial charge in [0.1, 0.15) is 5.54 Å². The molecule has 18 heavy (non-hydrogen) atoms. The predicted molar refractivity (Wildman–Crippen MR) is 70.5 cm³/mol. The van der Waals surface area contributed by atoms with Gasteiger partial charge in [0.05, 0.1) is 6.61 Å². The summed E-state index contributed by atoms with van der Waals surface area (Å²) in [6.07, 6.45) is 0. The number of aliphatic hydroxyl groups is 1. The fourth-order valence-corrected chi connectivity index (χ4v) is 1.56. The van der Waals surface area contributed by atoms with Crippen LogP contribution in [0.15, 0.2) is 24.3 Å². The van der Waals surface area contributed by atoms with E-state index in [9.17, 15) is 4.79 Å². The highest BCUT2D eigenvalue weighted by molar-refractivity contribution is 5.78. The first-order chi connectivity index (χ1) is 8.39. The average molecular weight is 251 g/mol. The van der Waals surface area contributed by atoms with E-state index >= 15 is 0 Å². The molecule has 0 amide bonds. The summed E-state index contributed by atoms with van der Waals surface area (Å²) in [5.41, 5.74) is 0.936. The number of aliphatic hydroxyl groups excluding tert-OH is 1. The summed E-state index contributed by atoms with van der Waals surface area (Å²) in [6, 6.07) is 8.01. The molecule has 0 aliphatic heterocycles. The van der Waals surface area contributed by atoms with Crippen molar-refractivity contribution in [3.8, 4) is 0 Å². The van der Waals surface area contributed by atoms with Crippen molar-refractivity contribution >= 4 is 5.97 Å². The fraction of sp³-hybridized carbons (Fsp3) is 0.500. The lowest BCUT2D eigenvalue weighted by atomic mass is 9.99. The summed E-state index contributed by atoms with van der Waals surface area (Å²) >= 11 is 0. The summed E-state index contributed by atoms with van der Waals surface area (Å²) in [5, 5.41) is 21.0. The first-order valence-corrected chi connectivity index (χ1v) is 6.07. The van der Waals surface area contributed by atoms with Gasteiger partial charge >= 0.3 is 5.97 Å². The van der Waals surface area contributed by atoms with Crippen LogP contribution >= 0.6 is 0 Å². The highest BCUT2D eigenvalue weighted by Crippen LogP contribution is 2.16. The van der Waals surface area contributed by atoms with Gasteiger partial charge in [0, 0.05) is 6.54 Å². The van der Waals surface area contributed by atoms with Gasteiger partial charge in [0.2, 0.25) is 0 Å². The molecule has 3 N–H and O–H groups in total. The highest BCUT2D eigenvalue weighted by Gasteiger charge is 2.31. The average Bonchev–Trinajstić information content (AvgIpc) is 2.36. The predicted octanol–water partition coefficient (Wildman–Crippen LogP) is 1.74. The van der Waals surface area contributed by atoms with Crippen LogP contribution in [-0.4, -0.2) is 28.3 Å². The molecule has 4 nitrogen and oxygen atoms in total. The molecule has 1 aromatic carbocycles. The molecule has 0 aliphatic carbocycles. The van der Waals surface area contributed by atoms with Gasteiger partial charge in [-0.25, -0.2) is 0 Å². The normalized spacial score (nSPS) is 14.5. The van der Waals surface area contributed by atoms with Gasteiger partial charge in [-0.05, 0) is 24.0 Å². The Morgan fingerprint density at radius 2 is 2.11 bits per heavy atom. The summed E-state index contributed by atoms with van der Waals surface area (Å²) in [7, 11) is 0. The van der Waals surface area contributed by atoms with E-state index in [1.807, 2.05) is 12.1 Å². The van der Waals surface area contributed by atoms with Gasteiger partial charge in [-0.15, -0.1) is 0 Å². The Morgan fingerprint density at radius 3 is 2.61 bits per heavy atom. The second-order valence-corrected chi connectivity index (χ2v) is 5.05. The first kappa shape index (κ1) is 14.7. The Labute approximate surface area is 108 Å². The summed E-state index contributed by atoms with van der Waals surface area (Å²) < 4.78 is 0. The lowest BCUT2D eigenvalue weighted by Gasteiger charge is -2.24. The zero-order chi connectivity index (χ0) is 13.8. The van der Waals surface area contributed by atoms with E-state index in [2.05, 4.69) is 31.3 Å². The minimum absolute atomic E-state index is 0.421. The molecule has 0 aromatic heterocycles. The van der Waals surface area contributed by atoms with Crippen molar-refractivity contribution in [1.29, 1.82) is 0 Å². The van der Waals surface area contributed by atoms with Crippen molar-refractivity contribution < 1.29 is 15.0 Å². The lowest BCUT2D eigenvalue weighted by molar-refractivity contribution is -0.145. The number of rotatable bonds is 6. The van der Waals surface area contributed by atoms with Crippen LogP contribution < -0.4 is 5.32 Å². The molecular formula is C14H21NO3. The van der Waals surface area contributed by atoms with E-state index in [1.165, 1.54) is 12.5 Å². The summed E-state index contributed by atoms with van der Waals surface area (Å²) in [6.45, 7) is 5.68. The number of benzene rings is 1. The number of aliphatic carboxylic acids is 1. The molecule has 0 saturated carbocycles. The van der Waals surface area contributed by atoms with Crippen molar-refractivity contribution in [2.45, 2.75) is 38.8 Å². The first-order valence-electron chi connectivity index (χ1n) is 6.07. The minimum atomic E-state index is -1.30. The maximum Gasteiger partial charge on any atom is 0.326 e. The molecule has 0 radical (unpaired) electrons. The molecule has 1 rings (SSSR count). The quantitative estimate of drug-likeness (QED) is 0.720. The van der Waals surface area contributed by atoms with Crippen LogP contribution in [0.4, 0.5) is 0 Å². The Bertz CT molecular complexity index is 417. The molecule has 0 aliphatic rings. The van der Waals surface area contributed by atoms with E-state index in [1.54, 1.807) is 0 Å². The highest BCUT2D eigenvalue weighted by atomic mass is 16.4. The zero-order valence-electron chi connectivity index (χ0n) is 11.1. The van der Waals surface area contributed by atoms with Crippen LogP contribution in [0.25, 0.3) is 0 Å². The van der Waals surface area contributed by atoms with Crippen molar-refractivity contribution in [1.82, 2.24) is 5.32 Å². The van der Waals surface area contributed by atoms with Gasteiger partial charge in [-0.2, -0.15) is 0 Å². The minimum Gasteiger partial charge on any atom is -0.480 e. The summed E-state index contributed by atoms with van der Waals surface area (Å²) in [5.74, 6) is -0.612. The third kappa shape index (κ3) is 3.55. The largest absolute Gasteiger partial charge is 0.480 e.